The first-order chi connectivity index (χ1) is 13.2. The molecule has 1 amide bonds. The number of nitrogens with zero attached hydrogens (tertiary/aromatic N) is 2. The molecule has 2 heterocycles. The summed E-state index contributed by atoms with van der Waals surface area (Å²) in [6.45, 7) is -0.172. The lowest BCUT2D eigenvalue weighted by molar-refractivity contribution is -0.189. The molecule has 2 N–H and O–H groups in total. The number of esters is 1. The lowest BCUT2D eigenvalue weighted by Gasteiger charge is -2.28. The van der Waals surface area contributed by atoms with Crippen molar-refractivity contribution >= 4 is 11.9 Å². The number of rotatable bonds is 6. The highest BCUT2D eigenvalue weighted by Gasteiger charge is 2.43. The molecule has 1 aliphatic heterocycles. The van der Waals surface area contributed by atoms with Gasteiger partial charge in [0.05, 0.1) is 17.6 Å². The number of alkyl halides is 3. The SMILES string of the molecule is NC/C(=C/F)COc1nc2c(cc1OC(=O)C(F)(F)F)C(=O)N(C1CC1)CC2. The molecular weight excluding hydrogens is 386 g/mol. The normalized spacial score (nSPS) is 17.4. The molecule has 1 aliphatic carbocycles. The Bertz CT molecular complexity index is 821. The molecule has 0 unspecified atom stereocenters. The Hall–Kier alpha value is -2.69. The van der Waals surface area contributed by atoms with Crippen LogP contribution in [0, 0.1) is 0 Å². The van der Waals surface area contributed by atoms with E-state index in [0.717, 1.165) is 18.9 Å². The van der Waals surface area contributed by atoms with E-state index in [0.29, 0.717) is 18.7 Å². The fraction of sp³-hybridized carbons (Fsp3) is 0.471. The highest BCUT2D eigenvalue weighted by Crippen LogP contribution is 2.36. The number of pyridine rings is 1. The van der Waals surface area contributed by atoms with Gasteiger partial charge in [-0.2, -0.15) is 13.2 Å². The van der Waals surface area contributed by atoms with Gasteiger partial charge in [-0.05, 0) is 12.8 Å². The Morgan fingerprint density at radius 1 is 1.39 bits per heavy atom. The van der Waals surface area contributed by atoms with E-state index in [4.69, 9.17) is 10.5 Å². The van der Waals surface area contributed by atoms with Crippen LogP contribution in [0.2, 0.25) is 0 Å². The number of nitrogens with two attached hydrogens (primary N) is 1. The molecule has 0 atom stereocenters. The molecule has 28 heavy (non-hydrogen) atoms. The van der Waals surface area contributed by atoms with Crippen molar-refractivity contribution in [2.75, 3.05) is 19.7 Å². The standard InChI is InChI=1S/C17H17F4N3O4/c18-6-9(7-22)8-27-14-13(28-16(26)17(19,20)21)5-11-12(23-14)3-4-24(15(11)25)10-1-2-10/h5-6,10H,1-4,7-8,22H2/b9-6-. The number of aromatic nitrogens is 1. The van der Waals surface area contributed by atoms with E-state index in [9.17, 15) is 27.2 Å². The fourth-order valence-corrected chi connectivity index (χ4v) is 2.74. The van der Waals surface area contributed by atoms with Crippen molar-refractivity contribution < 1.29 is 36.6 Å². The maximum absolute atomic E-state index is 12.6. The predicted molar refractivity (Wildman–Crippen MR) is 87.4 cm³/mol. The van der Waals surface area contributed by atoms with Gasteiger partial charge in [0, 0.05) is 37.2 Å². The van der Waals surface area contributed by atoms with Crippen LogP contribution >= 0.6 is 0 Å². The van der Waals surface area contributed by atoms with Crippen molar-refractivity contribution in [3.8, 4) is 11.6 Å². The summed E-state index contributed by atoms with van der Waals surface area (Å²) in [4.78, 5) is 29.5. The molecule has 1 saturated carbocycles. The smallest absolute Gasteiger partial charge is 0.470 e. The molecule has 3 rings (SSSR count). The Labute approximate surface area is 157 Å². The van der Waals surface area contributed by atoms with Crippen LogP contribution in [0.15, 0.2) is 18.0 Å². The minimum Gasteiger partial charge on any atom is -0.470 e. The van der Waals surface area contributed by atoms with E-state index in [-0.39, 0.29) is 30.1 Å². The molecule has 0 saturated heterocycles. The first-order valence-corrected chi connectivity index (χ1v) is 8.49. The van der Waals surface area contributed by atoms with Crippen molar-refractivity contribution in [1.29, 1.82) is 0 Å². The average Bonchev–Trinajstić information content (AvgIpc) is 3.47. The third-order valence-electron chi connectivity index (χ3n) is 4.35. The van der Waals surface area contributed by atoms with Crippen LogP contribution in [0.25, 0.3) is 0 Å². The van der Waals surface area contributed by atoms with Crippen molar-refractivity contribution in [3.63, 3.8) is 0 Å². The van der Waals surface area contributed by atoms with Crippen molar-refractivity contribution in [3.05, 3.63) is 29.2 Å². The van der Waals surface area contributed by atoms with Crippen molar-refractivity contribution in [2.24, 2.45) is 5.73 Å². The largest absolute Gasteiger partial charge is 0.491 e. The zero-order valence-corrected chi connectivity index (χ0v) is 14.6. The van der Waals surface area contributed by atoms with Gasteiger partial charge in [0.25, 0.3) is 11.8 Å². The maximum Gasteiger partial charge on any atom is 0.491 e. The molecule has 7 nitrogen and oxygen atoms in total. The van der Waals surface area contributed by atoms with Gasteiger partial charge in [-0.1, -0.05) is 0 Å². The van der Waals surface area contributed by atoms with Gasteiger partial charge in [-0.15, -0.1) is 0 Å². The number of ether oxygens (including phenoxy) is 2. The van der Waals surface area contributed by atoms with E-state index >= 15 is 0 Å². The molecule has 0 bridgehead atoms. The maximum atomic E-state index is 12.6. The second-order valence-corrected chi connectivity index (χ2v) is 6.41. The van der Waals surface area contributed by atoms with Gasteiger partial charge in [0.2, 0.25) is 0 Å². The van der Waals surface area contributed by atoms with Crippen LogP contribution in [0.5, 0.6) is 11.6 Å². The van der Waals surface area contributed by atoms with Crippen molar-refractivity contribution in [2.45, 2.75) is 31.5 Å². The lowest BCUT2D eigenvalue weighted by atomic mass is 10.0. The van der Waals surface area contributed by atoms with Crippen LogP contribution in [0.4, 0.5) is 17.6 Å². The average molecular weight is 403 g/mol. The van der Waals surface area contributed by atoms with Gasteiger partial charge in [-0.3, -0.25) is 4.79 Å². The van der Waals surface area contributed by atoms with E-state index in [1.165, 1.54) is 0 Å². The van der Waals surface area contributed by atoms with Gasteiger partial charge in [0.15, 0.2) is 5.75 Å². The summed E-state index contributed by atoms with van der Waals surface area (Å²) in [5, 5.41) is 0. The van der Waals surface area contributed by atoms with Crippen LogP contribution in [0.3, 0.4) is 0 Å². The number of hydrogen-bond acceptors (Lipinski definition) is 6. The fourth-order valence-electron chi connectivity index (χ4n) is 2.74. The lowest BCUT2D eigenvalue weighted by Crippen LogP contribution is -2.39. The number of halogens is 4. The Balaban J connectivity index is 1.93. The summed E-state index contributed by atoms with van der Waals surface area (Å²) >= 11 is 0. The van der Waals surface area contributed by atoms with E-state index in [2.05, 4.69) is 9.72 Å². The third kappa shape index (κ3) is 4.24. The summed E-state index contributed by atoms with van der Waals surface area (Å²) in [6, 6.07) is 1.12. The molecule has 1 aromatic rings. The first-order valence-electron chi connectivity index (χ1n) is 8.49. The Morgan fingerprint density at radius 3 is 2.68 bits per heavy atom. The second kappa shape index (κ2) is 7.74. The highest BCUT2D eigenvalue weighted by molar-refractivity contribution is 5.97. The van der Waals surface area contributed by atoms with Crippen molar-refractivity contribution in [1.82, 2.24) is 9.88 Å². The molecule has 11 heteroatoms. The Morgan fingerprint density at radius 2 is 2.11 bits per heavy atom. The molecule has 1 fully saturated rings. The number of carbonyl (C=O) groups excluding carboxylic acids is 2. The summed E-state index contributed by atoms with van der Waals surface area (Å²) in [5.41, 5.74) is 5.69. The van der Waals surface area contributed by atoms with Gasteiger partial charge in [-0.25, -0.2) is 14.2 Å². The third-order valence-corrected chi connectivity index (χ3v) is 4.35. The molecule has 2 aliphatic rings. The van der Waals surface area contributed by atoms with Gasteiger partial charge >= 0.3 is 12.1 Å². The predicted octanol–water partition coefficient (Wildman–Crippen LogP) is 1.90. The molecule has 0 radical (unpaired) electrons. The summed E-state index contributed by atoms with van der Waals surface area (Å²) in [6.07, 6.45) is -2.95. The number of hydrogen-bond donors (Lipinski definition) is 1. The number of amides is 1. The molecule has 1 aromatic heterocycles. The number of carbonyl (C=O) groups is 2. The van der Waals surface area contributed by atoms with Gasteiger partial charge in [0.1, 0.15) is 6.61 Å². The molecule has 152 valence electrons. The Kier molecular flexibility index (Phi) is 5.54. The summed E-state index contributed by atoms with van der Waals surface area (Å²) < 4.78 is 60.0. The zero-order chi connectivity index (χ0) is 20.5. The topological polar surface area (TPSA) is 94.7 Å². The zero-order valence-electron chi connectivity index (χ0n) is 14.6. The summed E-state index contributed by atoms with van der Waals surface area (Å²) in [5.74, 6) is -3.99. The highest BCUT2D eigenvalue weighted by atomic mass is 19.4. The number of fused-ring (bicyclic) bond motifs is 1. The quantitative estimate of drug-likeness (QED) is 0.576. The second-order valence-electron chi connectivity index (χ2n) is 6.41. The van der Waals surface area contributed by atoms with E-state index in [1.807, 2.05) is 0 Å². The minimum atomic E-state index is -5.25. The van der Waals surface area contributed by atoms with Gasteiger partial charge < -0.3 is 20.1 Å². The van der Waals surface area contributed by atoms with Crippen LogP contribution in [-0.4, -0.2) is 53.7 Å². The van der Waals surface area contributed by atoms with Crippen LogP contribution < -0.4 is 15.2 Å². The first kappa shape index (κ1) is 20.1. The molecule has 0 aromatic carbocycles. The summed E-state index contributed by atoms with van der Waals surface area (Å²) in [7, 11) is 0. The van der Waals surface area contributed by atoms with E-state index < -0.39 is 36.3 Å². The minimum absolute atomic E-state index is 0.0172. The van der Waals surface area contributed by atoms with Crippen LogP contribution in [0.1, 0.15) is 28.9 Å². The molecular formula is C17H17F4N3O4. The molecule has 0 spiro atoms. The van der Waals surface area contributed by atoms with E-state index in [1.54, 1.807) is 4.90 Å². The monoisotopic (exact) mass is 403 g/mol. The van der Waals surface area contributed by atoms with Crippen LogP contribution in [-0.2, 0) is 11.2 Å².